The maximum atomic E-state index is 14.0. The number of fused-ring (bicyclic) bond motifs is 1. The van der Waals surface area contributed by atoms with Gasteiger partial charge in [-0.25, -0.2) is 14.2 Å². The number of aromatic nitrogens is 1. The van der Waals surface area contributed by atoms with Crippen LogP contribution in [0.5, 0.6) is 5.88 Å². The molecule has 0 saturated heterocycles. The van der Waals surface area contributed by atoms with E-state index in [0.717, 1.165) is 18.2 Å². The van der Waals surface area contributed by atoms with E-state index in [0.29, 0.717) is 18.0 Å². The zero-order chi connectivity index (χ0) is 15.9. The highest BCUT2D eigenvalue weighted by molar-refractivity contribution is 5.93. The first kappa shape index (κ1) is 15.9. The lowest BCUT2D eigenvalue weighted by molar-refractivity contribution is -0.137. The fraction of sp³-hybridized carbons (Fsp3) is 0.294. The minimum absolute atomic E-state index is 0.240. The van der Waals surface area contributed by atoms with Gasteiger partial charge in [-0.15, -0.1) is 0 Å². The first-order valence-corrected chi connectivity index (χ1v) is 7.13. The van der Waals surface area contributed by atoms with Crippen LogP contribution in [0.2, 0.25) is 0 Å². The molecule has 1 aromatic carbocycles. The molecular formula is C17H18FNO3. The van der Waals surface area contributed by atoms with E-state index in [2.05, 4.69) is 4.98 Å². The summed E-state index contributed by atoms with van der Waals surface area (Å²) in [7, 11) is 1.49. The molecule has 0 amide bonds. The Hall–Kier alpha value is -2.43. The molecule has 0 saturated carbocycles. The third-order valence-corrected chi connectivity index (χ3v) is 3.16. The van der Waals surface area contributed by atoms with Gasteiger partial charge in [-0.3, -0.25) is 0 Å². The summed E-state index contributed by atoms with van der Waals surface area (Å²) in [6, 6.07) is 6.47. The summed E-state index contributed by atoms with van der Waals surface area (Å²) in [5, 5.41) is 0.765. The summed E-state index contributed by atoms with van der Waals surface area (Å²) in [4.78, 5) is 15.8. The second-order valence-corrected chi connectivity index (χ2v) is 4.74. The molecule has 0 aliphatic heterocycles. The normalized spacial score (nSPS) is 11.0. The van der Waals surface area contributed by atoms with Gasteiger partial charge >= 0.3 is 5.97 Å². The van der Waals surface area contributed by atoms with Gasteiger partial charge in [0.15, 0.2) is 0 Å². The average Bonchev–Trinajstić information content (AvgIpc) is 2.53. The molecule has 0 unspecified atom stereocenters. The van der Waals surface area contributed by atoms with E-state index in [1.807, 2.05) is 6.92 Å². The predicted molar refractivity (Wildman–Crippen MR) is 83.2 cm³/mol. The van der Waals surface area contributed by atoms with Crippen molar-refractivity contribution >= 4 is 22.9 Å². The summed E-state index contributed by atoms with van der Waals surface area (Å²) in [5.41, 5.74) is 0.681. The first-order chi connectivity index (χ1) is 10.7. The van der Waals surface area contributed by atoms with Crippen LogP contribution in [0.3, 0.4) is 0 Å². The van der Waals surface area contributed by atoms with E-state index in [9.17, 15) is 9.18 Å². The van der Waals surface area contributed by atoms with Gasteiger partial charge in [0.05, 0.1) is 19.2 Å². The molecule has 0 aliphatic rings. The van der Waals surface area contributed by atoms with Crippen LogP contribution in [0, 0.1) is 5.82 Å². The van der Waals surface area contributed by atoms with E-state index in [1.165, 1.54) is 25.3 Å². The number of benzene rings is 1. The molecule has 22 heavy (non-hydrogen) atoms. The highest BCUT2D eigenvalue weighted by atomic mass is 19.1. The van der Waals surface area contributed by atoms with Crippen LogP contribution in [-0.2, 0) is 9.53 Å². The van der Waals surface area contributed by atoms with Crippen molar-refractivity contribution in [2.75, 3.05) is 13.7 Å². The number of carbonyl (C=O) groups is 1. The molecule has 1 aromatic heterocycles. The van der Waals surface area contributed by atoms with Gasteiger partial charge in [0.25, 0.3) is 0 Å². The number of hydrogen-bond acceptors (Lipinski definition) is 4. The number of hydrogen-bond donors (Lipinski definition) is 0. The van der Waals surface area contributed by atoms with Crippen molar-refractivity contribution in [3.8, 4) is 5.88 Å². The molecular weight excluding hydrogens is 285 g/mol. The topological polar surface area (TPSA) is 48.4 Å². The lowest BCUT2D eigenvalue weighted by atomic mass is 10.1. The molecule has 0 radical (unpaired) electrons. The van der Waals surface area contributed by atoms with E-state index < -0.39 is 11.8 Å². The Labute approximate surface area is 128 Å². The van der Waals surface area contributed by atoms with Gasteiger partial charge in [0.2, 0.25) is 5.88 Å². The molecule has 1 heterocycles. The maximum Gasteiger partial charge on any atom is 0.330 e. The number of unbranched alkanes of at least 4 members (excludes halogenated alkanes) is 1. The Kier molecular flexibility index (Phi) is 5.47. The number of carbonyl (C=O) groups excluding carboxylic acids is 1. The SMILES string of the molecule is CCCCOC(=O)/C=C/c1c(F)ccc2ccc(OC)nc12. The number of nitrogens with zero attached hydrogens (tertiary/aromatic N) is 1. The fourth-order valence-corrected chi connectivity index (χ4v) is 1.96. The summed E-state index contributed by atoms with van der Waals surface area (Å²) in [6.45, 7) is 2.37. The van der Waals surface area contributed by atoms with Crippen LogP contribution < -0.4 is 4.74 Å². The second kappa shape index (κ2) is 7.54. The number of pyridine rings is 1. The van der Waals surface area contributed by atoms with Gasteiger partial charge in [-0.05, 0) is 30.7 Å². The van der Waals surface area contributed by atoms with E-state index in [-0.39, 0.29) is 5.56 Å². The van der Waals surface area contributed by atoms with E-state index in [1.54, 1.807) is 18.2 Å². The summed E-state index contributed by atoms with van der Waals surface area (Å²) < 4.78 is 24.1. The minimum atomic E-state index is -0.493. The standard InChI is InChI=1S/C17H18FNO3/c1-3-4-11-22-16(20)10-7-13-14(18)8-5-12-6-9-15(21-2)19-17(12)13/h5-10H,3-4,11H2,1-2H3/b10-7+. The van der Waals surface area contributed by atoms with E-state index >= 15 is 0 Å². The molecule has 2 aromatic rings. The smallest absolute Gasteiger partial charge is 0.330 e. The zero-order valence-electron chi connectivity index (χ0n) is 12.6. The highest BCUT2D eigenvalue weighted by Gasteiger charge is 2.08. The molecule has 0 aliphatic carbocycles. The highest BCUT2D eigenvalue weighted by Crippen LogP contribution is 2.23. The fourth-order valence-electron chi connectivity index (χ4n) is 1.96. The Morgan fingerprint density at radius 1 is 1.32 bits per heavy atom. The molecule has 2 rings (SSSR count). The summed E-state index contributed by atoms with van der Waals surface area (Å²) in [6.07, 6.45) is 4.35. The average molecular weight is 303 g/mol. The predicted octanol–water partition coefficient (Wildman–Crippen LogP) is 3.74. The molecule has 4 nitrogen and oxygen atoms in total. The minimum Gasteiger partial charge on any atom is -0.481 e. The Morgan fingerprint density at radius 3 is 2.82 bits per heavy atom. The van der Waals surface area contributed by atoms with Crippen molar-refractivity contribution in [2.45, 2.75) is 19.8 Å². The third kappa shape index (κ3) is 3.81. The largest absolute Gasteiger partial charge is 0.481 e. The Bertz CT molecular complexity index is 698. The Morgan fingerprint density at radius 2 is 2.09 bits per heavy atom. The quantitative estimate of drug-likeness (QED) is 0.463. The monoisotopic (exact) mass is 303 g/mol. The van der Waals surface area contributed by atoms with Crippen molar-refractivity contribution in [2.24, 2.45) is 0 Å². The number of halogens is 1. The number of methoxy groups -OCH3 is 1. The molecule has 0 bridgehead atoms. The van der Waals surface area contributed by atoms with Crippen molar-refractivity contribution < 1.29 is 18.7 Å². The number of rotatable bonds is 6. The van der Waals surface area contributed by atoms with Crippen molar-refractivity contribution in [1.82, 2.24) is 4.98 Å². The Balaban J connectivity index is 2.29. The molecule has 0 fully saturated rings. The van der Waals surface area contributed by atoms with Gasteiger partial charge in [0, 0.05) is 23.1 Å². The van der Waals surface area contributed by atoms with Gasteiger partial charge < -0.3 is 9.47 Å². The van der Waals surface area contributed by atoms with Crippen molar-refractivity contribution in [3.63, 3.8) is 0 Å². The summed E-state index contributed by atoms with van der Waals surface area (Å²) in [5.74, 6) is -0.558. The lowest BCUT2D eigenvalue weighted by Crippen LogP contribution is -2.02. The number of ether oxygens (including phenoxy) is 2. The molecule has 116 valence electrons. The van der Waals surface area contributed by atoms with Gasteiger partial charge in [-0.1, -0.05) is 13.3 Å². The van der Waals surface area contributed by atoms with Crippen LogP contribution in [-0.4, -0.2) is 24.7 Å². The second-order valence-electron chi connectivity index (χ2n) is 4.74. The maximum absolute atomic E-state index is 14.0. The van der Waals surface area contributed by atoms with Crippen LogP contribution >= 0.6 is 0 Å². The van der Waals surface area contributed by atoms with Gasteiger partial charge in [0.1, 0.15) is 5.82 Å². The van der Waals surface area contributed by atoms with Crippen LogP contribution in [0.15, 0.2) is 30.3 Å². The summed E-state index contributed by atoms with van der Waals surface area (Å²) >= 11 is 0. The molecule has 5 heteroatoms. The lowest BCUT2D eigenvalue weighted by Gasteiger charge is -2.06. The third-order valence-electron chi connectivity index (χ3n) is 3.16. The zero-order valence-corrected chi connectivity index (χ0v) is 12.6. The number of esters is 1. The van der Waals surface area contributed by atoms with Crippen molar-refractivity contribution in [3.05, 3.63) is 41.7 Å². The van der Waals surface area contributed by atoms with E-state index in [4.69, 9.17) is 9.47 Å². The van der Waals surface area contributed by atoms with Crippen LogP contribution in [0.4, 0.5) is 4.39 Å². The molecule has 0 spiro atoms. The molecule has 0 N–H and O–H groups in total. The first-order valence-electron chi connectivity index (χ1n) is 7.13. The van der Waals surface area contributed by atoms with Crippen molar-refractivity contribution in [1.29, 1.82) is 0 Å². The van der Waals surface area contributed by atoms with Gasteiger partial charge in [-0.2, -0.15) is 0 Å². The van der Waals surface area contributed by atoms with Crippen LogP contribution in [0.25, 0.3) is 17.0 Å². The van der Waals surface area contributed by atoms with Crippen LogP contribution in [0.1, 0.15) is 25.3 Å². The molecule has 0 atom stereocenters.